The number of rotatable bonds is 6. The van der Waals surface area contributed by atoms with Crippen LogP contribution in [0.25, 0.3) is 6.08 Å². The predicted octanol–water partition coefficient (Wildman–Crippen LogP) is 0.817. The van der Waals surface area contributed by atoms with Crippen molar-refractivity contribution < 1.29 is 22.7 Å². The van der Waals surface area contributed by atoms with Crippen molar-refractivity contribution in [2.45, 2.75) is 13.5 Å². The Bertz CT molecular complexity index is 515. The summed E-state index contributed by atoms with van der Waals surface area (Å²) in [6.07, 6.45) is 2.24. The van der Waals surface area contributed by atoms with Gasteiger partial charge < -0.3 is 9.52 Å². The molecule has 0 saturated carbocycles. The second-order valence-electron chi connectivity index (χ2n) is 3.20. The van der Waals surface area contributed by atoms with Gasteiger partial charge in [-0.05, 0) is 25.1 Å². The third-order valence-electron chi connectivity index (χ3n) is 1.92. The van der Waals surface area contributed by atoms with Crippen LogP contribution in [-0.2, 0) is 21.4 Å². The molecule has 0 unspecified atom stereocenters. The van der Waals surface area contributed by atoms with Crippen molar-refractivity contribution in [1.29, 1.82) is 0 Å². The van der Waals surface area contributed by atoms with E-state index in [1.54, 1.807) is 12.1 Å². The quantitative estimate of drug-likeness (QED) is 0.737. The fourth-order valence-corrected chi connectivity index (χ4v) is 1.58. The maximum Gasteiger partial charge on any atom is 0.328 e. The summed E-state index contributed by atoms with van der Waals surface area (Å²) >= 11 is 0. The molecule has 0 bridgehead atoms. The van der Waals surface area contributed by atoms with Crippen molar-refractivity contribution in [2.24, 2.45) is 0 Å². The van der Waals surface area contributed by atoms with E-state index >= 15 is 0 Å². The van der Waals surface area contributed by atoms with Gasteiger partial charge in [0.2, 0.25) is 10.0 Å². The summed E-state index contributed by atoms with van der Waals surface area (Å²) < 4.78 is 29.8. The number of hydrogen-bond donors (Lipinski definition) is 2. The Morgan fingerprint density at radius 1 is 1.53 bits per heavy atom. The minimum Gasteiger partial charge on any atom is -0.478 e. The van der Waals surface area contributed by atoms with E-state index in [1.165, 1.54) is 13.0 Å². The van der Waals surface area contributed by atoms with E-state index in [9.17, 15) is 13.2 Å². The Morgan fingerprint density at radius 2 is 2.24 bits per heavy atom. The first kappa shape index (κ1) is 13.5. The average Bonchev–Trinajstić information content (AvgIpc) is 2.72. The van der Waals surface area contributed by atoms with Gasteiger partial charge in [0, 0.05) is 6.08 Å². The van der Waals surface area contributed by atoms with Crippen LogP contribution < -0.4 is 4.72 Å². The van der Waals surface area contributed by atoms with Gasteiger partial charge in [-0.2, -0.15) is 0 Å². The third kappa shape index (κ3) is 4.83. The highest BCUT2D eigenvalue weighted by Gasteiger charge is 2.07. The maximum atomic E-state index is 11.1. The van der Waals surface area contributed by atoms with Gasteiger partial charge in [0.05, 0.1) is 12.3 Å². The molecule has 0 aliphatic rings. The fraction of sp³-hybridized carbons (Fsp3) is 0.300. The number of carbonyl (C=O) groups is 1. The highest BCUT2D eigenvalue weighted by Crippen LogP contribution is 2.09. The summed E-state index contributed by atoms with van der Waals surface area (Å²) in [5, 5.41) is 8.40. The molecular weight excluding hydrogens is 246 g/mol. The number of furan rings is 1. The largest absolute Gasteiger partial charge is 0.478 e. The smallest absolute Gasteiger partial charge is 0.328 e. The molecular formula is C10H13NO5S. The number of carboxylic acid groups (broad SMARTS) is 1. The van der Waals surface area contributed by atoms with Crippen molar-refractivity contribution in [2.75, 3.05) is 5.75 Å². The van der Waals surface area contributed by atoms with Gasteiger partial charge in [-0.1, -0.05) is 0 Å². The van der Waals surface area contributed by atoms with Crippen LogP contribution in [0.15, 0.2) is 22.6 Å². The minimum atomic E-state index is -3.26. The molecule has 1 aromatic rings. The van der Waals surface area contributed by atoms with E-state index in [0.717, 1.165) is 6.08 Å². The SMILES string of the molecule is CCS(=O)(=O)NCc1ccc(/C=C/C(=O)O)o1. The summed E-state index contributed by atoms with van der Waals surface area (Å²) in [6, 6.07) is 3.15. The first-order valence-corrected chi connectivity index (χ1v) is 6.55. The monoisotopic (exact) mass is 259 g/mol. The first-order valence-electron chi connectivity index (χ1n) is 4.90. The number of hydrogen-bond acceptors (Lipinski definition) is 4. The third-order valence-corrected chi connectivity index (χ3v) is 3.26. The first-order chi connectivity index (χ1) is 7.93. The van der Waals surface area contributed by atoms with Crippen LogP contribution in [0.5, 0.6) is 0 Å². The Balaban J connectivity index is 2.60. The topological polar surface area (TPSA) is 96.6 Å². The Labute approximate surface area is 99.0 Å². The van der Waals surface area contributed by atoms with E-state index in [2.05, 4.69) is 4.72 Å². The van der Waals surface area contributed by atoms with Gasteiger partial charge >= 0.3 is 5.97 Å². The zero-order valence-electron chi connectivity index (χ0n) is 9.21. The van der Waals surface area contributed by atoms with Crippen LogP contribution in [-0.4, -0.2) is 25.2 Å². The highest BCUT2D eigenvalue weighted by atomic mass is 32.2. The van der Waals surface area contributed by atoms with Crippen molar-refractivity contribution in [3.8, 4) is 0 Å². The van der Waals surface area contributed by atoms with Gasteiger partial charge in [0.15, 0.2) is 0 Å². The molecule has 0 atom stereocenters. The normalized spacial score (nSPS) is 12.1. The van der Waals surface area contributed by atoms with Gasteiger partial charge in [0.1, 0.15) is 11.5 Å². The molecule has 0 fully saturated rings. The van der Waals surface area contributed by atoms with Gasteiger partial charge in [-0.25, -0.2) is 17.9 Å². The van der Waals surface area contributed by atoms with Crippen LogP contribution in [0.1, 0.15) is 18.4 Å². The molecule has 1 heterocycles. The van der Waals surface area contributed by atoms with Crippen LogP contribution in [0.2, 0.25) is 0 Å². The predicted molar refractivity (Wildman–Crippen MR) is 61.7 cm³/mol. The molecule has 0 aromatic carbocycles. The summed E-state index contributed by atoms with van der Waals surface area (Å²) in [6.45, 7) is 1.59. The average molecular weight is 259 g/mol. The summed E-state index contributed by atoms with van der Waals surface area (Å²) in [4.78, 5) is 10.3. The lowest BCUT2D eigenvalue weighted by atomic mass is 10.4. The number of aliphatic carboxylic acids is 1. The molecule has 1 rings (SSSR count). The fourth-order valence-electron chi connectivity index (χ4n) is 1.02. The number of sulfonamides is 1. The van der Waals surface area contributed by atoms with Gasteiger partial charge in [-0.3, -0.25) is 0 Å². The lowest BCUT2D eigenvalue weighted by molar-refractivity contribution is -0.131. The van der Waals surface area contributed by atoms with Crippen molar-refractivity contribution in [3.05, 3.63) is 29.7 Å². The Hall–Kier alpha value is -1.60. The molecule has 0 spiro atoms. The molecule has 0 radical (unpaired) electrons. The summed E-state index contributed by atoms with van der Waals surface area (Å²) in [5.41, 5.74) is 0. The van der Waals surface area contributed by atoms with E-state index in [-0.39, 0.29) is 12.3 Å². The number of nitrogens with one attached hydrogen (secondary N) is 1. The van der Waals surface area contributed by atoms with Crippen LogP contribution in [0, 0.1) is 0 Å². The van der Waals surface area contributed by atoms with E-state index < -0.39 is 16.0 Å². The molecule has 0 aliphatic carbocycles. The minimum absolute atomic E-state index is 0.000513. The molecule has 1 aromatic heterocycles. The van der Waals surface area contributed by atoms with Crippen LogP contribution >= 0.6 is 0 Å². The van der Waals surface area contributed by atoms with E-state index in [1.807, 2.05) is 0 Å². The lowest BCUT2D eigenvalue weighted by Crippen LogP contribution is -2.24. The molecule has 0 amide bonds. The molecule has 0 aliphatic heterocycles. The summed E-state index contributed by atoms with van der Waals surface area (Å²) in [5.74, 6) is -0.292. The maximum absolute atomic E-state index is 11.1. The number of carboxylic acids is 1. The van der Waals surface area contributed by atoms with Gasteiger partial charge in [-0.15, -0.1) is 0 Å². The van der Waals surface area contributed by atoms with Crippen molar-refractivity contribution in [1.82, 2.24) is 4.72 Å². The van der Waals surface area contributed by atoms with Gasteiger partial charge in [0.25, 0.3) is 0 Å². The van der Waals surface area contributed by atoms with Crippen LogP contribution in [0.4, 0.5) is 0 Å². The molecule has 6 nitrogen and oxygen atoms in total. The Kier molecular flexibility index (Phi) is 4.47. The zero-order valence-corrected chi connectivity index (χ0v) is 10.0. The molecule has 2 N–H and O–H groups in total. The highest BCUT2D eigenvalue weighted by molar-refractivity contribution is 7.89. The van der Waals surface area contributed by atoms with Crippen molar-refractivity contribution >= 4 is 22.1 Å². The Morgan fingerprint density at radius 3 is 2.82 bits per heavy atom. The molecule has 94 valence electrons. The van der Waals surface area contributed by atoms with Crippen molar-refractivity contribution in [3.63, 3.8) is 0 Å². The van der Waals surface area contributed by atoms with E-state index in [4.69, 9.17) is 9.52 Å². The second kappa shape index (κ2) is 5.65. The standard InChI is InChI=1S/C10H13NO5S/c1-2-17(14,15)11-7-9-4-3-8(16-9)5-6-10(12)13/h3-6,11H,2,7H2,1H3,(H,12,13)/b6-5+. The molecule has 0 saturated heterocycles. The molecule has 17 heavy (non-hydrogen) atoms. The second-order valence-corrected chi connectivity index (χ2v) is 5.30. The summed E-state index contributed by atoms with van der Waals surface area (Å²) in [7, 11) is -3.26. The molecule has 7 heteroatoms. The zero-order chi connectivity index (χ0) is 12.9. The lowest BCUT2D eigenvalue weighted by Gasteiger charge is -2.00. The van der Waals surface area contributed by atoms with Crippen LogP contribution in [0.3, 0.4) is 0 Å². The van der Waals surface area contributed by atoms with E-state index in [0.29, 0.717) is 11.5 Å².